The van der Waals surface area contributed by atoms with Crippen molar-refractivity contribution in [2.24, 2.45) is 0 Å². The minimum Gasteiger partial charge on any atom is -0.319 e. The standard InChI is InChI=1S/C51H37N2OP/c1-55(2,54)40-29-26-36(27-30-40)47-42-22-12-14-24-44(42)48(45-25-15-13-23-43(45)47)38-28-31-41-39(32-38)33-46(34-16-6-3-7-17-34)53-51(41)49(35-18-8-4-9-19-35)50(52-53)37-20-10-5-11-21-37/h3-33H,1-2H3. The van der Waals surface area contributed by atoms with Gasteiger partial charge < -0.3 is 4.57 Å². The van der Waals surface area contributed by atoms with Crippen LogP contribution >= 0.6 is 7.14 Å². The molecule has 0 atom stereocenters. The van der Waals surface area contributed by atoms with E-state index >= 15 is 0 Å². The van der Waals surface area contributed by atoms with Crippen molar-refractivity contribution in [3.63, 3.8) is 0 Å². The van der Waals surface area contributed by atoms with Crippen LogP contribution in [0.5, 0.6) is 0 Å². The molecule has 10 aromatic rings. The Morgan fingerprint density at radius 3 is 1.42 bits per heavy atom. The second-order valence-corrected chi connectivity index (χ2v) is 17.9. The number of nitrogens with zero attached hydrogens (tertiary/aromatic N) is 2. The average Bonchev–Trinajstić information content (AvgIpc) is 3.64. The maximum Gasteiger partial charge on any atom is 0.109 e. The zero-order chi connectivity index (χ0) is 37.1. The van der Waals surface area contributed by atoms with Crippen LogP contribution in [-0.2, 0) is 4.57 Å². The molecular weight excluding hydrogens is 688 g/mol. The van der Waals surface area contributed by atoms with Gasteiger partial charge in [-0.2, -0.15) is 5.10 Å². The van der Waals surface area contributed by atoms with Gasteiger partial charge in [0.25, 0.3) is 0 Å². The van der Waals surface area contributed by atoms with Gasteiger partial charge in [-0.15, -0.1) is 0 Å². The second-order valence-electron chi connectivity index (χ2n) is 14.7. The van der Waals surface area contributed by atoms with E-state index in [2.05, 4.69) is 180 Å². The van der Waals surface area contributed by atoms with Crippen molar-refractivity contribution >= 4 is 50.3 Å². The highest BCUT2D eigenvalue weighted by Crippen LogP contribution is 2.46. The number of fused-ring (bicyclic) bond motifs is 5. The van der Waals surface area contributed by atoms with Crippen molar-refractivity contribution in [2.45, 2.75) is 0 Å². The highest BCUT2D eigenvalue weighted by Gasteiger charge is 2.23. The normalized spacial score (nSPS) is 11.9. The number of aromatic nitrogens is 2. The molecule has 8 aromatic carbocycles. The molecule has 0 saturated heterocycles. The monoisotopic (exact) mass is 724 g/mol. The predicted molar refractivity (Wildman–Crippen MR) is 234 cm³/mol. The fourth-order valence-electron chi connectivity index (χ4n) is 8.33. The van der Waals surface area contributed by atoms with Crippen molar-refractivity contribution in [3.05, 3.63) is 188 Å². The van der Waals surface area contributed by atoms with Gasteiger partial charge in [-0.05, 0) is 80.2 Å². The molecule has 0 aliphatic rings. The van der Waals surface area contributed by atoms with Crippen LogP contribution in [0.15, 0.2) is 188 Å². The SMILES string of the molecule is CP(C)(=O)c1ccc(-c2c3ccccc3c(-c3ccc4c(c3)cc(-c3ccccc3)n3nc(-c5ccccc5)c(-c5ccccc5)c43)c3ccccc23)cc1. The van der Waals surface area contributed by atoms with Crippen molar-refractivity contribution in [2.75, 3.05) is 13.3 Å². The van der Waals surface area contributed by atoms with Crippen LogP contribution in [0.1, 0.15) is 0 Å². The number of rotatable bonds is 6. The average molecular weight is 725 g/mol. The van der Waals surface area contributed by atoms with Gasteiger partial charge >= 0.3 is 0 Å². The van der Waals surface area contributed by atoms with Crippen LogP contribution in [0.4, 0.5) is 0 Å². The van der Waals surface area contributed by atoms with Crippen LogP contribution in [0.3, 0.4) is 0 Å². The molecule has 0 radical (unpaired) electrons. The number of hydrogen-bond acceptors (Lipinski definition) is 2. The summed E-state index contributed by atoms with van der Waals surface area (Å²) >= 11 is 0. The molecule has 0 fully saturated rings. The topological polar surface area (TPSA) is 34.4 Å². The Balaban J connectivity index is 1.28. The first-order chi connectivity index (χ1) is 26.9. The van der Waals surface area contributed by atoms with Gasteiger partial charge in [-0.25, -0.2) is 4.52 Å². The number of pyridine rings is 1. The molecule has 2 heterocycles. The Bertz CT molecular complexity index is 3050. The summed E-state index contributed by atoms with van der Waals surface area (Å²) in [7, 11) is -2.37. The van der Waals surface area contributed by atoms with Crippen molar-refractivity contribution in [3.8, 4) is 55.9 Å². The molecule has 0 aliphatic carbocycles. The van der Waals surface area contributed by atoms with E-state index in [-0.39, 0.29) is 0 Å². The number of benzene rings is 8. The van der Waals surface area contributed by atoms with E-state index in [4.69, 9.17) is 5.10 Å². The Morgan fingerprint density at radius 2 is 0.873 bits per heavy atom. The third-order valence-corrected chi connectivity index (χ3v) is 12.4. The Labute approximate surface area is 320 Å². The molecule has 0 saturated carbocycles. The van der Waals surface area contributed by atoms with Crippen molar-refractivity contribution in [1.82, 2.24) is 9.61 Å². The lowest BCUT2D eigenvalue weighted by atomic mass is 9.85. The lowest BCUT2D eigenvalue weighted by Crippen LogP contribution is -2.01. The molecule has 55 heavy (non-hydrogen) atoms. The minimum absolute atomic E-state index is 0.895. The van der Waals surface area contributed by atoms with Crippen LogP contribution < -0.4 is 5.30 Å². The van der Waals surface area contributed by atoms with Crippen LogP contribution in [0.25, 0.3) is 93.7 Å². The molecule has 10 rings (SSSR count). The van der Waals surface area contributed by atoms with E-state index in [0.717, 1.165) is 66.4 Å². The predicted octanol–water partition coefficient (Wildman–Crippen LogP) is 13.4. The van der Waals surface area contributed by atoms with Gasteiger partial charge in [-0.1, -0.05) is 176 Å². The third kappa shape index (κ3) is 5.59. The van der Waals surface area contributed by atoms with Crippen LogP contribution in [0.2, 0.25) is 0 Å². The Morgan fingerprint density at radius 1 is 0.418 bits per heavy atom. The smallest absolute Gasteiger partial charge is 0.109 e. The molecule has 2 aromatic heterocycles. The summed E-state index contributed by atoms with van der Waals surface area (Å²) in [6.07, 6.45) is 0. The highest BCUT2D eigenvalue weighted by atomic mass is 31.2. The van der Waals surface area contributed by atoms with E-state index in [1.165, 1.54) is 32.7 Å². The van der Waals surface area contributed by atoms with E-state index in [1.54, 1.807) is 0 Å². The largest absolute Gasteiger partial charge is 0.319 e. The van der Waals surface area contributed by atoms with Gasteiger partial charge in [0.1, 0.15) is 12.8 Å². The van der Waals surface area contributed by atoms with E-state index in [0.29, 0.717) is 0 Å². The zero-order valence-electron chi connectivity index (χ0n) is 30.6. The molecular formula is C51H37N2OP. The minimum atomic E-state index is -2.37. The Kier molecular flexibility index (Phi) is 7.87. The summed E-state index contributed by atoms with van der Waals surface area (Å²) in [5, 5.41) is 13.4. The molecule has 4 heteroatoms. The van der Waals surface area contributed by atoms with E-state index < -0.39 is 7.14 Å². The van der Waals surface area contributed by atoms with Gasteiger partial charge in [0.15, 0.2) is 0 Å². The van der Waals surface area contributed by atoms with Crippen LogP contribution in [-0.4, -0.2) is 22.9 Å². The molecule has 3 nitrogen and oxygen atoms in total. The lowest BCUT2D eigenvalue weighted by molar-refractivity contribution is 0.588. The molecule has 0 spiro atoms. The lowest BCUT2D eigenvalue weighted by Gasteiger charge is -2.19. The first-order valence-corrected chi connectivity index (χ1v) is 21.3. The summed E-state index contributed by atoms with van der Waals surface area (Å²) in [4.78, 5) is 0. The van der Waals surface area contributed by atoms with E-state index in [9.17, 15) is 4.57 Å². The maximum atomic E-state index is 12.9. The number of hydrogen-bond donors (Lipinski definition) is 0. The summed E-state index contributed by atoms with van der Waals surface area (Å²) in [6.45, 7) is 3.66. The van der Waals surface area contributed by atoms with E-state index in [1.807, 2.05) is 25.5 Å². The summed E-state index contributed by atoms with van der Waals surface area (Å²) in [6, 6.07) is 66.9. The highest BCUT2D eigenvalue weighted by molar-refractivity contribution is 7.70. The van der Waals surface area contributed by atoms with Gasteiger partial charge in [0, 0.05) is 27.4 Å². The van der Waals surface area contributed by atoms with Crippen molar-refractivity contribution < 1.29 is 4.57 Å². The van der Waals surface area contributed by atoms with Crippen molar-refractivity contribution in [1.29, 1.82) is 0 Å². The van der Waals surface area contributed by atoms with Gasteiger partial charge in [0.2, 0.25) is 0 Å². The Hall–Kier alpha value is -6.54. The zero-order valence-corrected chi connectivity index (χ0v) is 31.5. The molecule has 0 unspecified atom stereocenters. The molecule has 0 aliphatic heterocycles. The second kappa shape index (κ2) is 13.1. The first kappa shape index (κ1) is 33.1. The summed E-state index contributed by atoms with van der Waals surface area (Å²) in [5.41, 5.74) is 12.2. The molecule has 0 bridgehead atoms. The molecule has 0 N–H and O–H groups in total. The molecule has 262 valence electrons. The molecule has 0 amide bonds. The summed E-state index contributed by atoms with van der Waals surface area (Å²) in [5.74, 6) is 0. The quantitative estimate of drug-likeness (QED) is 0.126. The fourth-order valence-corrected chi connectivity index (χ4v) is 9.20. The first-order valence-electron chi connectivity index (χ1n) is 18.7. The summed E-state index contributed by atoms with van der Waals surface area (Å²) < 4.78 is 15.1. The maximum absolute atomic E-state index is 12.9. The van der Waals surface area contributed by atoms with Gasteiger partial charge in [-0.3, -0.25) is 0 Å². The van der Waals surface area contributed by atoms with Crippen LogP contribution in [0, 0.1) is 0 Å². The van der Waals surface area contributed by atoms with Gasteiger partial charge in [0.05, 0.1) is 11.2 Å². The fraction of sp³-hybridized carbons (Fsp3) is 0.0392. The third-order valence-electron chi connectivity index (χ3n) is 10.9.